The molecule has 29 heavy (non-hydrogen) atoms. The van der Waals surface area contributed by atoms with E-state index < -0.39 is 24.5 Å². The maximum absolute atomic E-state index is 14.5. The second-order valence-electron chi connectivity index (χ2n) is 10.2. The predicted molar refractivity (Wildman–Crippen MR) is 110 cm³/mol. The number of benzene rings is 1. The Kier molecular flexibility index (Phi) is 5.78. The van der Waals surface area contributed by atoms with E-state index in [9.17, 15) is 9.18 Å². The van der Waals surface area contributed by atoms with Crippen LogP contribution in [-0.4, -0.2) is 37.5 Å². The van der Waals surface area contributed by atoms with Gasteiger partial charge in [-0.2, -0.15) is 0 Å². The number of rotatable bonds is 4. The summed E-state index contributed by atoms with van der Waals surface area (Å²) in [6.45, 7) is 11.8. The van der Waals surface area contributed by atoms with Crippen LogP contribution in [0.25, 0.3) is 0 Å². The molecule has 1 aliphatic heterocycles. The Morgan fingerprint density at radius 2 is 2.00 bits per heavy atom. The molecular formula is C22H32BFO5. The summed E-state index contributed by atoms with van der Waals surface area (Å²) in [4.78, 5) is 12.6. The van der Waals surface area contributed by atoms with Crippen LogP contribution in [0.5, 0.6) is 5.75 Å². The van der Waals surface area contributed by atoms with Crippen molar-refractivity contribution in [3.8, 4) is 5.75 Å². The van der Waals surface area contributed by atoms with Gasteiger partial charge in [0.2, 0.25) is 0 Å². The highest BCUT2D eigenvalue weighted by Gasteiger charge is 2.53. The largest absolute Gasteiger partial charge is 0.495 e. The highest BCUT2D eigenvalue weighted by molar-refractivity contribution is 6.45. The maximum atomic E-state index is 14.5. The molecule has 5 nitrogen and oxygen atoms in total. The highest BCUT2D eigenvalue weighted by Crippen LogP contribution is 2.48. The molecule has 0 aromatic heterocycles. The van der Waals surface area contributed by atoms with Crippen molar-refractivity contribution in [3.05, 3.63) is 29.1 Å². The minimum absolute atomic E-state index is 0.0392. The molecule has 3 rings (SSSR count). The molecule has 2 atom stereocenters. The predicted octanol–water partition coefficient (Wildman–Crippen LogP) is 4.74. The second-order valence-corrected chi connectivity index (χ2v) is 10.2. The summed E-state index contributed by atoms with van der Waals surface area (Å²) in [5.41, 5.74) is -0.405. The van der Waals surface area contributed by atoms with Gasteiger partial charge < -0.3 is 18.8 Å². The number of hydrogen-bond donors (Lipinski definition) is 0. The molecule has 1 heterocycles. The highest BCUT2D eigenvalue weighted by atomic mass is 19.1. The van der Waals surface area contributed by atoms with Crippen LogP contribution >= 0.6 is 0 Å². The van der Waals surface area contributed by atoms with Gasteiger partial charge in [-0.25, -0.2) is 9.18 Å². The van der Waals surface area contributed by atoms with E-state index in [1.165, 1.54) is 13.2 Å². The second kappa shape index (κ2) is 7.58. The molecule has 2 unspecified atom stereocenters. The van der Waals surface area contributed by atoms with Crippen LogP contribution in [0.3, 0.4) is 0 Å². The average Bonchev–Trinajstić information content (AvgIpc) is 2.87. The average molecular weight is 406 g/mol. The summed E-state index contributed by atoms with van der Waals surface area (Å²) >= 11 is 0. The quantitative estimate of drug-likeness (QED) is 0.534. The standard InChI is InChI=1S/C22H32BFO5/c1-20(2,3)27-19(25)17-15(24)9-8-14(18(17)26-7)12-23-28-16-10-11-21(4,5)13-22(16,6)29-23/h8-9,16H,10-13H2,1-7H3. The molecule has 2 aliphatic rings. The Balaban J connectivity index is 1.83. The normalized spacial score (nSPS) is 26.2. The lowest BCUT2D eigenvalue weighted by atomic mass is 9.69. The maximum Gasteiger partial charge on any atom is 0.462 e. The molecule has 0 radical (unpaired) electrons. The summed E-state index contributed by atoms with van der Waals surface area (Å²) < 4.78 is 37.8. The minimum Gasteiger partial charge on any atom is -0.495 e. The van der Waals surface area contributed by atoms with Gasteiger partial charge >= 0.3 is 13.1 Å². The molecule has 160 valence electrons. The molecular weight excluding hydrogens is 374 g/mol. The number of ether oxygens (including phenoxy) is 2. The van der Waals surface area contributed by atoms with Gasteiger partial charge in [0.1, 0.15) is 22.7 Å². The van der Waals surface area contributed by atoms with Crippen molar-refractivity contribution in [3.63, 3.8) is 0 Å². The van der Waals surface area contributed by atoms with Crippen LogP contribution in [0.1, 0.15) is 76.7 Å². The molecule has 1 saturated heterocycles. The Morgan fingerprint density at radius 3 is 2.62 bits per heavy atom. The first-order valence-electron chi connectivity index (χ1n) is 10.3. The Morgan fingerprint density at radius 1 is 1.31 bits per heavy atom. The van der Waals surface area contributed by atoms with Crippen molar-refractivity contribution >= 4 is 13.1 Å². The van der Waals surface area contributed by atoms with Gasteiger partial charge in [0.25, 0.3) is 0 Å². The zero-order chi connectivity index (χ0) is 21.6. The van der Waals surface area contributed by atoms with Crippen molar-refractivity contribution in [2.45, 2.75) is 84.4 Å². The Labute approximate surface area is 173 Å². The number of halogens is 1. The molecule has 0 spiro atoms. The van der Waals surface area contributed by atoms with Crippen molar-refractivity contribution in [2.75, 3.05) is 7.11 Å². The van der Waals surface area contributed by atoms with E-state index >= 15 is 0 Å². The van der Waals surface area contributed by atoms with E-state index in [1.54, 1.807) is 26.8 Å². The van der Waals surface area contributed by atoms with Gasteiger partial charge in [0, 0.05) is 6.32 Å². The third kappa shape index (κ3) is 4.77. The van der Waals surface area contributed by atoms with Gasteiger partial charge in [-0.05, 0) is 64.0 Å². The lowest BCUT2D eigenvalue weighted by molar-refractivity contribution is -0.0298. The fourth-order valence-corrected chi connectivity index (χ4v) is 4.60. The molecule has 0 amide bonds. The summed E-state index contributed by atoms with van der Waals surface area (Å²) in [6, 6.07) is 2.88. The van der Waals surface area contributed by atoms with Crippen molar-refractivity contribution in [1.29, 1.82) is 0 Å². The van der Waals surface area contributed by atoms with E-state index in [0.29, 0.717) is 11.9 Å². The van der Waals surface area contributed by atoms with Crippen LogP contribution in [-0.2, 0) is 20.4 Å². The van der Waals surface area contributed by atoms with Gasteiger partial charge in [-0.15, -0.1) is 0 Å². The fraction of sp³-hybridized carbons (Fsp3) is 0.682. The number of fused-ring (bicyclic) bond motifs is 1. The third-order valence-electron chi connectivity index (χ3n) is 5.69. The SMILES string of the molecule is COc1c(CB2OC3CCC(C)(C)CC3(C)O2)ccc(F)c1C(=O)OC(C)(C)C. The molecule has 2 fully saturated rings. The monoisotopic (exact) mass is 406 g/mol. The first-order chi connectivity index (χ1) is 13.3. The van der Waals surface area contributed by atoms with E-state index in [4.69, 9.17) is 18.8 Å². The fourth-order valence-electron chi connectivity index (χ4n) is 4.60. The first kappa shape index (κ1) is 22.1. The van der Waals surface area contributed by atoms with Crippen molar-refractivity contribution in [1.82, 2.24) is 0 Å². The molecule has 0 N–H and O–H groups in total. The van der Waals surface area contributed by atoms with Crippen molar-refractivity contribution in [2.24, 2.45) is 5.41 Å². The summed E-state index contributed by atoms with van der Waals surface area (Å²) in [6.07, 6.45) is 3.36. The molecule has 7 heteroatoms. The van der Waals surface area contributed by atoms with Gasteiger partial charge in [-0.3, -0.25) is 0 Å². The lowest BCUT2D eigenvalue weighted by Gasteiger charge is -2.43. The van der Waals surface area contributed by atoms with Gasteiger partial charge in [0.15, 0.2) is 0 Å². The molecule has 1 aromatic carbocycles. The van der Waals surface area contributed by atoms with Crippen LogP contribution in [0.4, 0.5) is 4.39 Å². The first-order valence-corrected chi connectivity index (χ1v) is 10.3. The number of esters is 1. The zero-order valence-electron chi connectivity index (χ0n) is 18.6. The molecule has 1 aliphatic carbocycles. The van der Waals surface area contributed by atoms with E-state index in [-0.39, 0.29) is 28.4 Å². The van der Waals surface area contributed by atoms with E-state index in [0.717, 1.165) is 19.3 Å². The van der Waals surface area contributed by atoms with Crippen LogP contribution in [0, 0.1) is 11.2 Å². The van der Waals surface area contributed by atoms with E-state index in [1.807, 2.05) is 0 Å². The van der Waals surface area contributed by atoms with Gasteiger partial charge in [0.05, 0.1) is 18.8 Å². The van der Waals surface area contributed by atoms with Crippen molar-refractivity contribution < 1.29 is 28.0 Å². The Bertz CT molecular complexity index is 788. The van der Waals surface area contributed by atoms with Crippen LogP contribution in [0.15, 0.2) is 12.1 Å². The minimum atomic E-state index is -0.746. The number of carbonyl (C=O) groups is 1. The van der Waals surface area contributed by atoms with Gasteiger partial charge in [-0.1, -0.05) is 19.9 Å². The zero-order valence-corrected chi connectivity index (χ0v) is 18.6. The summed E-state index contributed by atoms with van der Waals surface area (Å²) in [7, 11) is 0.955. The topological polar surface area (TPSA) is 54.0 Å². The third-order valence-corrected chi connectivity index (χ3v) is 5.69. The molecule has 0 bridgehead atoms. The smallest absolute Gasteiger partial charge is 0.462 e. The summed E-state index contributed by atoms with van der Waals surface area (Å²) in [5.74, 6) is -1.24. The number of carbonyl (C=O) groups excluding carboxylic acids is 1. The van der Waals surface area contributed by atoms with Crippen LogP contribution < -0.4 is 4.74 Å². The Hall–Kier alpha value is -1.60. The van der Waals surface area contributed by atoms with Crippen LogP contribution in [0.2, 0.25) is 0 Å². The number of methoxy groups -OCH3 is 1. The molecule has 1 saturated carbocycles. The number of hydrogen-bond acceptors (Lipinski definition) is 5. The molecule has 1 aromatic rings. The van der Waals surface area contributed by atoms with E-state index in [2.05, 4.69) is 20.8 Å². The lowest BCUT2D eigenvalue weighted by Crippen LogP contribution is -2.45. The summed E-state index contributed by atoms with van der Waals surface area (Å²) in [5, 5.41) is 0.